The molecule has 0 amide bonds. The van der Waals surface area contributed by atoms with E-state index in [2.05, 4.69) is 39.8 Å². The SMILES string of the molecule is CC(C)C1=CC2=CC[C@H]3[C@](C)(CCC[C@@]3(C)N)[C@H]2CC1. The molecule has 112 valence electrons. The molecule has 4 atom stereocenters. The average molecular weight is 273 g/mol. The summed E-state index contributed by atoms with van der Waals surface area (Å²) >= 11 is 0. The molecule has 3 rings (SSSR count). The van der Waals surface area contributed by atoms with Crippen molar-refractivity contribution in [3.8, 4) is 0 Å². The van der Waals surface area contributed by atoms with Gasteiger partial charge in [0.15, 0.2) is 0 Å². The highest BCUT2D eigenvalue weighted by Crippen LogP contribution is 2.58. The minimum absolute atomic E-state index is 0.0388. The average Bonchev–Trinajstić information content (AvgIpc) is 2.37. The minimum atomic E-state index is 0.0388. The molecule has 3 aliphatic carbocycles. The van der Waals surface area contributed by atoms with E-state index in [1.54, 1.807) is 11.1 Å². The standard InChI is InChI=1S/C19H31N/c1-13(2)14-6-8-16-15(12-14)7-9-17-18(16,3)10-5-11-19(17,4)20/h7,12-13,16-17H,5-6,8-11,20H2,1-4H3/t16-,17-,18+,19+/m0/s1. The summed E-state index contributed by atoms with van der Waals surface area (Å²) in [6.45, 7) is 9.50. The van der Waals surface area contributed by atoms with Crippen molar-refractivity contribution in [1.82, 2.24) is 0 Å². The van der Waals surface area contributed by atoms with Crippen LogP contribution in [-0.2, 0) is 0 Å². The Labute approximate surface area is 124 Å². The summed E-state index contributed by atoms with van der Waals surface area (Å²) in [7, 11) is 0. The van der Waals surface area contributed by atoms with Gasteiger partial charge in [0.1, 0.15) is 0 Å². The van der Waals surface area contributed by atoms with Crippen molar-refractivity contribution in [2.45, 2.75) is 71.8 Å². The Bertz CT molecular complexity index is 454. The first kappa shape index (κ1) is 14.4. The van der Waals surface area contributed by atoms with Crippen LogP contribution in [0.1, 0.15) is 66.2 Å². The molecule has 0 radical (unpaired) electrons. The van der Waals surface area contributed by atoms with Crippen LogP contribution in [0.4, 0.5) is 0 Å². The molecule has 2 N–H and O–H groups in total. The van der Waals surface area contributed by atoms with E-state index in [4.69, 9.17) is 5.73 Å². The largest absolute Gasteiger partial charge is 0.325 e. The third-order valence-electron chi connectivity index (χ3n) is 6.63. The van der Waals surface area contributed by atoms with Crippen LogP contribution in [0, 0.1) is 23.2 Å². The van der Waals surface area contributed by atoms with E-state index in [9.17, 15) is 0 Å². The van der Waals surface area contributed by atoms with Crippen molar-refractivity contribution in [2.75, 3.05) is 0 Å². The van der Waals surface area contributed by atoms with Gasteiger partial charge in [-0.3, -0.25) is 0 Å². The molecule has 0 aromatic heterocycles. The number of rotatable bonds is 1. The van der Waals surface area contributed by atoms with Crippen molar-refractivity contribution >= 4 is 0 Å². The maximum absolute atomic E-state index is 6.67. The van der Waals surface area contributed by atoms with Gasteiger partial charge in [0.2, 0.25) is 0 Å². The second kappa shape index (κ2) is 4.73. The molecule has 0 saturated heterocycles. The van der Waals surface area contributed by atoms with Gasteiger partial charge in [-0.05, 0) is 67.8 Å². The molecule has 0 bridgehead atoms. The first-order chi connectivity index (χ1) is 9.34. The molecule has 0 spiro atoms. The van der Waals surface area contributed by atoms with Crippen LogP contribution in [0.15, 0.2) is 23.3 Å². The maximum Gasteiger partial charge on any atom is 0.0162 e. The third-order valence-corrected chi connectivity index (χ3v) is 6.63. The molecule has 20 heavy (non-hydrogen) atoms. The fourth-order valence-corrected chi connectivity index (χ4v) is 5.39. The summed E-state index contributed by atoms with van der Waals surface area (Å²) in [5, 5.41) is 0. The molecular weight excluding hydrogens is 242 g/mol. The lowest BCUT2D eigenvalue weighted by molar-refractivity contribution is -0.00437. The Morgan fingerprint density at radius 1 is 1.25 bits per heavy atom. The van der Waals surface area contributed by atoms with E-state index in [-0.39, 0.29) is 5.54 Å². The molecule has 0 unspecified atom stereocenters. The molecule has 1 heteroatoms. The monoisotopic (exact) mass is 273 g/mol. The normalized spacial score (nSPS) is 44.5. The predicted molar refractivity (Wildman–Crippen MR) is 86.4 cm³/mol. The van der Waals surface area contributed by atoms with Gasteiger partial charge in [-0.25, -0.2) is 0 Å². The molecule has 3 aliphatic rings. The Morgan fingerprint density at radius 3 is 2.70 bits per heavy atom. The molecule has 1 saturated carbocycles. The van der Waals surface area contributed by atoms with Gasteiger partial charge in [0.25, 0.3) is 0 Å². The van der Waals surface area contributed by atoms with Gasteiger partial charge in [0.05, 0.1) is 0 Å². The third kappa shape index (κ3) is 2.09. The zero-order chi connectivity index (χ0) is 14.5. The quantitative estimate of drug-likeness (QED) is 0.727. The zero-order valence-electron chi connectivity index (χ0n) is 13.7. The van der Waals surface area contributed by atoms with E-state index in [1.165, 1.54) is 38.5 Å². The molecular formula is C19H31N. The number of hydrogen-bond donors (Lipinski definition) is 1. The van der Waals surface area contributed by atoms with E-state index in [1.807, 2.05) is 0 Å². The van der Waals surface area contributed by atoms with Gasteiger partial charge in [0, 0.05) is 5.54 Å². The topological polar surface area (TPSA) is 26.0 Å². The summed E-state index contributed by atoms with van der Waals surface area (Å²) in [5.41, 5.74) is 10.4. The first-order valence-corrected chi connectivity index (χ1v) is 8.54. The summed E-state index contributed by atoms with van der Waals surface area (Å²) in [6.07, 6.45) is 12.8. The molecule has 0 aliphatic heterocycles. The van der Waals surface area contributed by atoms with Crippen molar-refractivity contribution < 1.29 is 0 Å². The van der Waals surface area contributed by atoms with Gasteiger partial charge < -0.3 is 5.73 Å². The highest BCUT2D eigenvalue weighted by atomic mass is 14.8. The maximum atomic E-state index is 6.67. The van der Waals surface area contributed by atoms with E-state index >= 15 is 0 Å². The van der Waals surface area contributed by atoms with Crippen molar-refractivity contribution in [1.29, 1.82) is 0 Å². The van der Waals surface area contributed by atoms with E-state index in [0.29, 0.717) is 17.3 Å². The van der Waals surface area contributed by atoms with Crippen LogP contribution < -0.4 is 5.73 Å². The van der Waals surface area contributed by atoms with Crippen LogP contribution in [-0.4, -0.2) is 5.54 Å². The molecule has 1 nitrogen and oxygen atoms in total. The predicted octanol–water partition coefficient (Wildman–Crippen LogP) is 4.83. The smallest absolute Gasteiger partial charge is 0.0162 e. The van der Waals surface area contributed by atoms with Crippen molar-refractivity contribution in [3.05, 3.63) is 23.3 Å². The number of hydrogen-bond acceptors (Lipinski definition) is 1. The second-order valence-corrected chi connectivity index (χ2v) is 8.32. The lowest BCUT2D eigenvalue weighted by atomic mass is 9.49. The molecule has 0 aromatic carbocycles. The van der Waals surface area contributed by atoms with Gasteiger partial charge >= 0.3 is 0 Å². The lowest BCUT2D eigenvalue weighted by Gasteiger charge is -2.57. The second-order valence-electron chi connectivity index (χ2n) is 8.32. The summed E-state index contributed by atoms with van der Waals surface area (Å²) in [4.78, 5) is 0. The van der Waals surface area contributed by atoms with Gasteiger partial charge in [-0.2, -0.15) is 0 Å². The van der Waals surface area contributed by atoms with Crippen LogP contribution >= 0.6 is 0 Å². The fourth-order valence-electron chi connectivity index (χ4n) is 5.39. The van der Waals surface area contributed by atoms with Gasteiger partial charge in [-0.15, -0.1) is 0 Å². The minimum Gasteiger partial charge on any atom is -0.325 e. The molecule has 0 heterocycles. The fraction of sp³-hybridized carbons (Fsp3) is 0.789. The van der Waals surface area contributed by atoms with Gasteiger partial charge in [-0.1, -0.05) is 44.9 Å². The van der Waals surface area contributed by atoms with E-state index < -0.39 is 0 Å². The zero-order valence-corrected chi connectivity index (χ0v) is 13.7. The number of allylic oxidation sites excluding steroid dienone is 4. The Kier molecular flexibility index (Phi) is 3.40. The van der Waals surface area contributed by atoms with Crippen molar-refractivity contribution in [3.63, 3.8) is 0 Å². The van der Waals surface area contributed by atoms with Crippen LogP contribution in [0.2, 0.25) is 0 Å². The van der Waals surface area contributed by atoms with Crippen molar-refractivity contribution in [2.24, 2.45) is 28.9 Å². The highest BCUT2D eigenvalue weighted by molar-refractivity contribution is 5.35. The summed E-state index contributed by atoms with van der Waals surface area (Å²) < 4.78 is 0. The van der Waals surface area contributed by atoms with Crippen LogP contribution in [0.3, 0.4) is 0 Å². The van der Waals surface area contributed by atoms with Crippen LogP contribution in [0.25, 0.3) is 0 Å². The first-order valence-electron chi connectivity index (χ1n) is 8.54. The Morgan fingerprint density at radius 2 is 2.00 bits per heavy atom. The number of fused-ring (bicyclic) bond motifs is 3. The lowest BCUT2D eigenvalue weighted by Crippen LogP contribution is -2.57. The molecule has 1 fully saturated rings. The van der Waals surface area contributed by atoms with Crippen LogP contribution in [0.5, 0.6) is 0 Å². The number of nitrogens with two attached hydrogens (primary N) is 1. The van der Waals surface area contributed by atoms with E-state index in [0.717, 1.165) is 5.92 Å². The summed E-state index contributed by atoms with van der Waals surface area (Å²) in [5.74, 6) is 2.13. The Hall–Kier alpha value is -0.560. The Balaban J connectivity index is 1.97. The molecule has 0 aromatic rings. The highest BCUT2D eigenvalue weighted by Gasteiger charge is 2.52. The summed E-state index contributed by atoms with van der Waals surface area (Å²) in [6, 6.07) is 0.